The molecule has 182 valence electrons. The largest absolute Gasteiger partial charge is 0.478 e. The number of piperidine rings is 1. The van der Waals surface area contributed by atoms with Crippen LogP contribution in [0, 0.1) is 11.6 Å². The smallest absolute Gasteiger partial charge is 0.338 e. The number of carbonyl (C=O) groups is 1. The SMILES string of the molecule is O=C(O)c1cnc(N2C3CC[C@H]2CC(OCc2c(-c4c(F)cccc4F)noc2C2CC2)C3)nc1. The van der Waals surface area contributed by atoms with Crippen LogP contribution in [0.5, 0.6) is 0 Å². The van der Waals surface area contributed by atoms with Gasteiger partial charge in [0, 0.05) is 36.0 Å². The van der Waals surface area contributed by atoms with Crippen molar-refractivity contribution in [2.75, 3.05) is 4.90 Å². The van der Waals surface area contributed by atoms with Crippen LogP contribution in [0.2, 0.25) is 0 Å². The molecule has 2 aromatic heterocycles. The molecule has 3 aromatic rings. The quantitative estimate of drug-likeness (QED) is 0.517. The highest BCUT2D eigenvalue weighted by atomic mass is 19.1. The highest BCUT2D eigenvalue weighted by Crippen LogP contribution is 2.45. The molecule has 1 N–H and O–H groups in total. The van der Waals surface area contributed by atoms with Crippen LogP contribution in [0.4, 0.5) is 14.7 Å². The van der Waals surface area contributed by atoms with Gasteiger partial charge in [-0.2, -0.15) is 0 Å². The number of rotatable bonds is 7. The van der Waals surface area contributed by atoms with Crippen LogP contribution >= 0.6 is 0 Å². The van der Waals surface area contributed by atoms with Gasteiger partial charge >= 0.3 is 5.97 Å². The molecule has 0 amide bonds. The molecule has 1 aromatic carbocycles. The van der Waals surface area contributed by atoms with Crippen LogP contribution in [0.25, 0.3) is 11.3 Å². The second-order valence-electron chi connectivity index (χ2n) is 9.52. The van der Waals surface area contributed by atoms with Gasteiger partial charge < -0.3 is 19.3 Å². The third-order valence-corrected chi connectivity index (χ3v) is 7.24. The summed E-state index contributed by atoms with van der Waals surface area (Å²) in [6.45, 7) is 0.173. The van der Waals surface area contributed by atoms with E-state index in [1.165, 1.54) is 30.6 Å². The lowest BCUT2D eigenvalue weighted by Crippen LogP contribution is -2.46. The van der Waals surface area contributed by atoms with E-state index >= 15 is 0 Å². The topological polar surface area (TPSA) is 102 Å². The fraction of sp³-hybridized carbons (Fsp3) is 0.440. The average Bonchev–Trinajstić information content (AvgIpc) is 3.55. The highest BCUT2D eigenvalue weighted by Gasteiger charge is 2.43. The summed E-state index contributed by atoms with van der Waals surface area (Å²) in [5.41, 5.74) is 0.675. The monoisotopic (exact) mass is 482 g/mol. The van der Waals surface area contributed by atoms with E-state index in [0.717, 1.165) is 38.5 Å². The number of carboxylic acids is 1. The van der Waals surface area contributed by atoms with Crippen molar-refractivity contribution in [3.63, 3.8) is 0 Å². The van der Waals surface area contributed by atoms with Crippen LogP contribution in [-0.2, 0) is 11.3 Å². The number of aromatic carboxylic acids is 1. The first kappa shape index (κ1) is 22.1. The van der Waals surface area contributed by atoms with E-state index in [9.17, 15) is 13.6 Å². The number of aromatic nitrogens is 3. The van der Waals surface area contributed by atoms with Gasteiger partial charge in [0.05, 0.1) is 23.8 Å². The molecule has 4 heterocycles. The lowest BCUT2D eigenvalue weighted by Gasteiger charge is -2.38. The molecule has 0 spiro atoms. The number of ether oxygens (including phenoxy) is 1. The van der Waals surface area contributed by atoms with Gasteiger partial charge in [0.15, 0.2) is 0 Å². The van der Waals surface area contributed by atoms with E-state index < -0.39 is 17.6 Å². The molecule has 1 aliphatic carbocycles. The maximum atomic E-state index is 14.5. The zero-order valence-corrected chi connectivity index (χ0v) is 18.9. The summed E-state index contributed by atoms with van der Waals surface area (Å²) in [6, 6.07) is 4.13. The van der Waals surface area contributed by atoms with Gasteiger partial charge in [0.25, 0.3) is 0 Å². The van der Waals surface area contributed by atoms with Crippen LogP contribution in [0.3, 0.4) is 0 Å². The van der Waals surface area contributed by atoms with Crippen molar-refractivity contribution in [2.24, 2.45) is 0 Å². The van der Waals surface area contributed by atoms with Gasteiger partial charge in [0.2, 0.25) is 5.95 Å². The van der Waals surface area contributed by atoms with E-state index in [1.807, 2.05) is 0 Å². The summed E-state index contributed by atoms with van der Waals surface area (Å²) in [6.07, 6.45) is 8.02. The predicted octanol–water partition coefficient (Wildman–Crippen LogP) is 4.70. The summed E-state index contributed by atoms with van der Waals surface area (Å²) in [5.74, 6) is -0.998. The third kappa shape index (κ3) is 4.05. The zero-order chi connectivity index (χ0) is 24.1. The highest BCUT2D eigenvalue weighted by molar-refractivity contribution is 5.86. The molecule has 1 saturated carbocycles. The molecule has 2 aliphatic heterocycles. The number of fused-ring (bicyclic) bond motifs is 2. The normalized spacial score (nSPS) is 23.6. The van der Waals surface area contributed by atoms with Crippen LogP contribution < -0.4 is 4.90 Å². The molecule has 3 aliphatic rings. The molecule has 2 bridgehead atoms. The van der Waals surface area contributed by atoms with Crippen LogP contribution in [0.1, 0.15) is 66.1 Å². The average molecular weight is 482 g/mol. The molecule has 2 saturated heterocycles. The molecule has 0 radical (unpaired) electrons. The standard InChI is InChI=1S/C25H24F2N4O4/c26-19-2-1-3-20(27)21(19)22-18(23(35-30-22)13-4-5-13)12-34-17-8-15-6-7-16(9-17)31(15)25-28-10-14(11-29-25)24(32)33/h1-3,10-11,13,15-17H,4-9,12H2,(H,32,33)/t15-,16?,17?/m0/s1. The third-order valence-electron chi connectivity index (χ3n) is 7.24. The second kappa shape index (κ2) is 8.67. The number of hydrogen-bond donors (Lipinski definition) is 1. The minimum Gasteiger partial charge on any atom is -0.478 e. The molecule has 3 fully saturated rings. The Morgan fingerprint density at radius 2 is 1.74 bits per heavy atom. The molecular formula is C25H24F2N4O4. The molecule has 10 heteroatoms. The van der Waals surface area contributed by atoms with Crippen molar-refractivity contribution in [3.05, 3.63) is 59.1 Å². The van der Waals surface area contributed by atoms with E-state index in [1.54, 1.807) is 0 Å². The molecular weight excluding hydrogens is 458 g/mol. The first-order chi connectivity index (χ1) is 17.0. The van der Waals surface area contributed by atoms with Crippen molar-refractivity contribution in [1.29, 1.82) is 0 Å². The van der Waals surface area contributed by atoms with Crippen molar-refractivity contribution in [1.82, 2.24) is 15.1 Å². The van der Waals surface area contributed by atoms with E-state index in [-0.39, 0.29) is 47.5 Å². The van der Waals surface area contributed by atoms with E-state index in [2.05, 4.69) is 20.0 Å². The van der Waals surface area contributed by atoms with Gasteiger partial charge in [-0.25, -0.2) is 23.5 Å². The van der Waals surface area contributed by atoms with Crippen LogP contribution in [0.15, 0.2) is 35.1 Å². The Labute approximate surface area is 199 Å². The zero-order valence-electron chi connectivity index (χ0n) is 18.9. The van der Waals surface area contributed by atoms with Gasteiger partial charge in [-0.15, -0.1) is 0 Å². The predicted molar refractivity (Wildman–Crippen MR) is 120 cm³/mol. The van der Waals surface area contributed by atoms with Gasteiger partial charge in [-0.1, -0.05) is 11.2 Å². The number of hydrogen-bond acceptors (Lipinski definition) is 7. The number of anilines is 1. The Morgan fingerprint density at radius 3 is 2.34 bits per heavy atom. The minimum atomic E-state index is -1.06. The molecule has 6 rings (SSSR count). The van der Waals surface area contributed by atoms with E-state index in [4.69, 9.17) is 14.4 Å². The van der Waals surface area contributed by atoms with Crippen molar-refractivity contribution < 1.29 is 27.9 Å². The summed E-state index contributed by atoms with van der Waals surface area (Å²) in [7, 11) is 0. The molecule has 35 heavy (non-hydrogen) atoms. The number of halogens is 2. The van der Waals surface area contributed by atoms with E-state index in [0.29, 0.717) is 17.3 Å². The maximum absolute atomic E-state index is 14.5. The fourth-order valence-corrected chi connectivity index (χ4v) is 5.40. The lowest BCUT2D eigenvalue weighted by molar-refractivity contribution is 0.0144. The maximum Gasteiger partial charge on any atom is 0.338 e. The Morgan fingerprint density at radius 1 is 1.09 bits per heavy atom. The van der Waals surface area contributed by atoms with Gasteiger partial charge in [-0.05, 0) is 50.7 Å². The molecule has 8 nitrogen and oxygen atoms in total. The van der Waals surface area contributed by atoms with Crippen LogP contribution in [-0.4, -0.2) is 44.4 Å². The van der Waals surface area contributed by atoms with Gasteiger partial charge in [-0.3, -0.25) is 0 Å². The van der Waals surface area contributed by atoms with Gasteiger partial charge in [0.1, 0.15) is 23.1 Å². The minimum absolute atomic E-state index is 0.0395. The molecule has 2 unspecified atom stereocenters. The first-order valence-corrected chi connectivity index (χ1v) is 11.9. The number of benzene rings is 1. The number of carboxylic acid groups (broad SMARTS) is 1. The Balaban J connectivity index is 1.19. The molecule has 3 atom stereocenters. The van der Waals surface area contributed by atoms with Crippen molar-refractivity contribution >= 4 is 11.9 Å². The summed E-state index contributed by atoms with van der Waals surface area (Å²) in [5, 5.41) is 13.1. The lowest BCUT2D eigenvalue weighted by atomic mass is 9.99. The Hall–Kier alpha value is -3.40. The first-order valence-electron chi connectivity index (χ1n) is 11.9. The summed E-state index contributed by atoms with van der Waals surface area (Å²) < 4.78 is 40.9. The summed E-state index contributed by atoms with van der Waals surface area (Å²) in [4.78, 5) is 21.8. The van der Waals surface area contributed by atoms with Crippen molar-refractivity contribution in [2.45, 2.75) is 69.2 Å². The summed E-state index contributed by atoms with van der Waals surface area (Å²) >= 11 is 0. The Bertz CT molecular complexity index is 1230. The van der Waals surface area contributed by atoms with Crippen molar-refractivity contribution in [3.8, 4) is 11.3 Å². The number of nitrogens with zero attached hydrogens (tertiary/aromatic N) is 4. The second-order valence-corrected chi connectivity index (χ2v) is 9.52. The Kier molecular flexibility index (Phi) is 5.47. The fourth-order valence-electron chi connectivity index (χ4n) is 5.40.